The fourth-order valence-corrected chi connectivity index (χ4v) is 5.04. The van der Waals surface area contributed by atoms with Gasteiger partial charge in [0.05, 0.1) is 6.54 Å². The summed E-state index contributed by atoms with van der Waals surface area (Å²) < 4.78 is 0. The zero-order valence-corrected chi connectivity index (χ0v) is 14.2. The molecule has 0 bridgehead atoms. The lowest BCUT2D eigenvalue weighted by Crippen LogP contribution is -2.34. The van der Waals surface area contributed by atoms with E-state index >= 15 is 0 Å². The third kappa shape index (κ3) is 2.91. The summed E-state index contributed by atoms with van der Waals surface area (Å²) in [5.74, 6) is 0.899. The van der Waals surface area contributed by atoms with Gasteiger partial charge in [0, 0.05) is 35.2 Å². The number of rotatable bonds is 4. The maximum Gasteiger partial charge on any atom is 0.225 e. The van der Waals surface area contributed by atoms with Crippen LogP contribution in [0.2, 0.25) is 0 Å². The second-order valence-corrected chi connectivity index (χ2v) is 8.44. The first-order chi connectivity index (χ1) is 11.2. The van der Waals surface area contributed by atoms with Gasteiger partial charge in [-0.15, -0.1) is 11.3 Å². The van der Waals surface area contributed by atoms with Crippen molar-refractivity contribution < 1.29 is 9.59 Å². The minimum atomic E-state index is 0.0911. The Morgan fingerprint density at radius 3 is 2.91 bits per heavy atom. The first kappa shape index (κ1) is 15.2. The fourth-order valence-electron chi connectivity index (χ4n) is 4.39. The summed E-state index contributed by atoms with van der Waals surface area (Å²) in [6.45, 7) is 2.29. The molecule has 4 nitrogen and oxygen atoms in total. The van der Waals surface area contributed by atoms with Gasteiger partial charge in [-0.1, -0.05) is 18.9 Å². The molecule has 1 aliphatic heterocycles. The second-order valence-electron chi connectivity index (χ2n) is 7.41. The molecule has 1 N–H and O–H groups in total. The van der Waals surface area contributed by atoms with E-state index in [-0.39, 0.29) is 23.2 Å². The van der Waals surface area contributed by atoms with Crippen LogP contribution < -0.4 is 5.32 Å². The Morgan fingerprint density at radius 2 is 2.17 bits per heavy atom. The Morgan fingerprint density at radius 1 is 1.35 bits per heavy atom. The number of carbonyl (C=O) groups is 2. The molecule has 0 radical (unpaired) electrons. The van der Waals surface area contributed by atoms with Crippen LogP contribution in [0, 0.1) is 17.3 Å². The van der Waals surface area contributed by atoms with Crippen LogP contribution in [0.5, 0.6) is 0 Å². The maximum absolute atomic E-state index is 12.5. The highest BCUT2D eigenvalue weighted by Gasteiger charge is 2.61. The van der Waals surface area contributed by atoms with E-state index in [0.29, 0.717) is 12.5 Å². The predicted molar refractivity (Wildman–Crippen MR) is 89.9 cm³/mol. The van der Waals surface area contributed by atoms with Gasteiger partial charge in [0.1, 0.15) is 0 Å². The van der Waals surface area contributed by atoms with Crippen LogP contribution in [-0.4, -0.2) is 29.8 Å². The molecule has 5 heteroatoms. The molecule has 3 fully saturated rings. The van der Waals surface area contributed by atoms with Crippen LogP contribution in [0.3, 0.4) is 0 Å². The number of likely N-dealkylation sites (tertiary alicyclic amines) is 1. The van der Waals surface area contributed by atoms with E-state index in [1.54, 1.807) is 11.3 Å². The summed E-state index contributed by atoms with van der Waals surface area (Å²) in [5, 5.41) is 5.10. The van der Waals surface area contributed by atoms with Gasteiger partial charge in [-0.2, -0.15) is 0 Å². The fraction of sp³-hybridized carbons (Fsp3) is 0.667. The van der Waals surface area contributed by atoms with Gasteiger partial charge < -0.3 is 10.2 Å². The summed E-state index contributed by atoms with van der Waals surface area (Å²) in [5.41, 5.74) is 0.0911. The first-order valence-electron chi connectivity index (χ1n) is 8.77. The Bertz CT molecular complexity index is 594. The number of nitrogens with zero attached hydrogens (tertiary/aromatic N) is 1. The van der Waals surface area contributed by atoms with Gasteiger partial charge in [0.2, 0.25) is 11.8 Å². The predicted octanol–water partition coefficient (Wildman–Crippen LogP) is 2.79. The van der Waals surface area contributed by atoms with Crippen molar-refractivity contribution in [1.82, 2.24) is 10.2 Å². The van der Waals surface area contributed by atoms with E-state index < -0.39 is 0 Å². The van der Waals surface area contributed by atoms with Gasteiger partial charge >= 0.3 is 0 Å². The lowest BCUT2D eigenvalue weighted by atomic mass is 10.0. The van der Waals surface area contributed by atoms with Crippen LogP contribution in [0.15, 0.2) is 17.5 Å². The third-order valence-electron chi connectivity index (χ3n) is 5.92. The van der Waals surface area contributed by atoms with Crippen molar-refractivity contribution in [1.29, 1.82) is 0 Å². The summed E-state index contributed by atoms with van der Waals surface area (Å²) in [4.78, 5) is 28.2. The van der Waals surface area contributed by atoms with E-state index in [9.17, 15) is 9.59 Å². The molecule has 2 saturated carbocycles. The average Bonchev–Trinajstić information content (AvgIpc) is 3.07. The van der Waals surface area contributed by atoms with Crippen molar-refractivity contribution in [2.45, 2.75) is 45.1 Å². The van der Waals surface area contributed by atoms with E-state index in [4.69, 9.17) is 0 Å². The van der Waals surface area contributed by atoms with E-state index in [2.05, 4.69) is 5.32 Å². The molecule has 0 aromatic carbocycles. The number of nitrogens with one attached hydrogen (secondary N) is 1. The molecule has 2 heterocycles. The minimum Gasteiger partial charge on any atom is -0.351 e. The van der Waals surface area contributed by atoms with Gasteiger partial charge in [-0.25, -0.2) is 0 Å². The van der Waals surface area contributed by atoms with Gasteiger partial charge in [0.15, 0.2) is 0 Å². The molecular formula is C18H24N2O2S. The normalized spacial score (nSPS) is 30.1. The van der Waals surface area contributed by atoms with Crippen molar-refractivity contribution in [2.75, 3.05) is 13.1 Å². The third-order valence-corrected chi connectivity index (χ3v) is 6.80. The van der Waals surface area contributed by atoms with E-state index in [0.717, 1.165) is 38.8 Å². The first-order valence-corrected chi connectivity index (χ1v) is 9.65. The Kier molecular flexibility index (Phi) is 3.92. The molecule has 1 aromatic heterocycles. The second kappa shape index (κ2) is 5.93. The topological polar surface area (TPSA) is 49.4 Å². The average molecular weight is 332 g/mol. The molecule has 4 rings (SSSR count). The minimum absolute atomic E-state index is 0.0911. The van der Waals surface area contributed by atoms with Crippen LogP contribution in [0.25, 0.3) is 0 Å². The number of carbonyl (C=O) groups excluding carboxylic acids is 2. The van der Waals surface area contributed by atoms with Gasteiger partial charge in [-0.3, -0.25) is 9.59 Å². The number of hydrogen-bond donors (Lipinski definition) is 1. The Labute approximate surface area is 141 Å². The summed E-state index contributed by atoms with van der Waals surface area (Å²) in [6, 6.07) is 4.05. The van der Waals surface area contributed by atoms with Crippen molar-refractivity contribution in [3.8, 4) is 0 Å². The van der Waals surface area contributed by atoms with Gasteiger partial charge in [-0.05, 0) is 37.1 Å². The lowest BCUT2D eigenvalue weighted by molar-refractivity contribution is -0.134. The molecule has 124 valence electrons. The van der Waals surface area contributed by atoms with Gasteiger partial charge in [0.25, 0.3) is 0 Å². The van der Waals surface area contributed by atoms with Crippen LogP contribution in [0.4, 0.5) is 0 Å². The number of hydrogen-bond acceptors (Lipinski definition) is 3. The van der Waals surface area contributed by atoms with Crippen molar-refractivity contribution in [2.24, 2.45) is 17.3 Å². The molecule has 1 aromatic rings. The largest absolute Gasteiger partial charge is 0.351 e. The van der Waals surface area contributed by atoms with Crippen molar-refractivity contribution in [3.05, 3.63) is 22.4 Å². The number of amides is 2. The molecule has 2 atom stereocenters. The Balaban J connectivity index is 1.29. The van der Waals surface area contributed by atoms with Crippen LogP contribution in [0.1, 0.15) is 43.4 Å². The zero-order chi connectivity index (χ0) is 15.9. The van der Waals surface area contributed by atoms with Crippen molar-refractivity contribution in [3.63, 3.8) is 0 Å². The SMILES string of the molecule is O=C(NCc1cccs1)[C@@H]1C[C@@]12CCN(C(=O)C1CCCC1)C2. The van der Waals surface area contributed by atoms with E-state index in [1.165, 1.54) is 17.7 Å². The molecule has 0 unspecified atom stereocenters. The van der Waals surface area contributed by atoms with Crippen LogP contribution >= 0.6 is 11.3 Å². The highest BCUT2D eigenvalue weighted by atomic mass is 32.1. The zero-order valence-electron chi connectivity index (χ0n) is 13.4. The Hall–Kier alpha value is -1.36. The van der Waals surface area contributed by atoms with E-state index in [1.807, 2.05) is 22.4 Å². The maximum atomic E-state index is 12.5. The molecule has 2 amide bonds. The highest BCUT2D eigenvalue weighted by molar-refractivity contribution is 7.09. The quantitative estimate of drug-likeness (QED) is 0.922. The summed E-state index contributed by atoms with van der Waals surface area (Å²) in [7, 11) is 0. The molecule has 3 aliphatic rings. The highest BCUT2D eigenvalue weighted by Crippen LogP contribution is 2.58. The number of thiophene rings is 1. The molecule has 1 saturated heterocycles. The van der Waals surface area contributed by atoms with Crippen LogP contribution in [-0.2, 0) is 16.1 Å². The smallest absolute Gasteiger partial charge is 0.225 e. The van der Waals surface area contributed by atoms with Crippen molar-refractivity contribution >= 4 is 23.2 Å². The molecule has 1 spiro atoms. The monoisotopic (exact) mass is 332 g/mol. The lowest BCUT2D eigenvalue weighted by Gasteiger charge is -2.20. The molecule has 2 aliphatic carbocycles. The standard InChI is InChI=1S/C18H24N2O2S/c21-16(19-11-14-6-3-9-23-14)15-10-18(15)7-8-20(12-18)17(22)13-4-1-2-5-13/h3,6,9,13,15H,1-2,4-5,7-8,10-12H2,(H,19,21)/t15-,18+/m0/s1. The summed E-state index contributed by atoms with van der Waals surface area (Å²) in [6.07, 6.45) is 6.48. The molecule has 23 heavy (non-hydrogen) atoms. The summed E-state index contributed by atoms with van der Waals surface area (Å²) >= 11 is 1.67. The molecular weight excluding hydrogens is 308 g/mol.